The van der Waals surface area contributed by atoms with Crippen molar-refractivity contribution in [2.24, 2.45) is 0 Å². The number of aromatic nitrogens is 4. The first-order chi connectivity index (χ1) is 13.3. The Bertz CT molecular complexity index is 1130. The monoisotopic (exact) mass is 426 g/mol. The summed E-state index contributed by atoms with van der Waals surface area (Å²) in [7, 11) is 0. The minimum absolute atomic E-state index is 0.362. The first-order valence-electron chi connectivity index (χ1n) is 7.62. The number of alkyl halides is 6. The van der Waals surface area contributed by atoms with Crippen LogP contribution in [0, 0.1) is 5.82 Å². The van der Waals surface area contributed by atoms with Gasteiger partial charge in [-0.2, -0.15) is 23.3 Å². The number of halogens is 7. The number of fused-ring (bicyclic) bond motifs is 1. The summed E-state index contributed by atoms with van der Waals surface area (Å²) >= 11 is 0. The molecule has 1 aromatic carbocycles. The van der Waals surface area contributed by atoms with E-state index in [9.17, 15) is 40.6 Å². The van der Waals surface area contributed by atoms with E-state index in [0.717, 1.165) is 12.1 Å². The smallest absolute Gasteiger partial charge is 0.480 e. The minimum atomic E-state index is -5.07. The molecular formula is C15H9F7N4O3. The number of hydrogen-bond acceptors (Lipinski definition) is 5. The second-order valence-electron chi connectivity index (χ2n) is 5.79. The molecule has 0 spiro atoms. The number of aromatic amines is 1. The van der Waals surface area contributed by atoms with Crippen molar-refractivity contribution in [3.05, 3.63) is 45.6 Å². The van der Waals surface area contributed by atoms with Gasteiger partial charge in [0, 0.05) is 11.6 Å². The lowest BCUT2D eigenvalue weighted by Gasteiger charge is -2.16. The molecule has 0 aliphatic rings. The number of aromatic hydroxyl groups is 1. The van der Waals surface area contributed by atoms with Crippen molar-refractivity contribution in [3.8, 4) is 11.8 Å². The molecule has 0 saturated carbocycles. The third-order valence-corrected chi connectivity index (χ3v) is 3.84. The molecular weight excluding hydrogens is 417 g/mol. The van der Waals surface area contributed by atoms with Crippen LogP contribution in [0.3, 0.4) is 0 Å². The molecule has 0 saturated heterocycles. The predicted molar refractivity (Wildman–Crippen MR) is 81.7 cm³/mol. The van der Waals surface area contributed by atoms with Crippen molar-refractivity contribution in [1.82, 2.24) is 19.7 Å². The van der Waals surface area contributed by atoms with Gasteiger partial charge in [-0.05, 0) is 13.0 Å². The normalized spacial score (nSPS) is 13.7. The maximum atomic E-state index is 14.3. The summed E-state index contributed by atoms with van der Waals surface area (Å²) in [6.45, 7) is 1.18. The Morgan fingerprint density at radius 2 is 1.86 bits per heavy atom. The molecule has 0 unspecified atom stereocenters. The second-order valence-corrected chi connectivity index (χ2v) is 5.79. The van der Waals surface area contributed by atoms with E-state index in [1.54, 1.807) is 4.98 Å². The summed E-state index contributed by atoms with van der Waals surface area (Å²) in [6.07, 6.45) is -10.1. The van der Waals surface area contributed by atoms with Gasteiger partial charge in [-0.3, -0.25) is 9.78 Å². The van der Waals surface area contributed by atoms with Crippen LogP contribution in [0.2, 0.25) is 0 Å². The van der Waals surface area contributed by atoms with Crippen LogP contribution in [-0.2, 0) is 6.18 Å². The van der Waals surface area contributed by atoms with Gasteiger partial charge in [0.1, 0.15) is 17.0 Å². The average molecular weight is 426 g/mol. The van der Waals surface area contributed by atoms with E-state index in [-0.39, 0.29) is 5.56 Å². The summed E-state index contributed by atoms with van der Waals surface area (Å²) < 4.78 is 94.9. The standard InChI is InChI=1S/C15H9F7N4O3/c1-5(7-3-2-6(4-8(7)16)29-15(20,21)22)26-11-9(10(25-26)14(17,18)19)12(27)24-13(28)23-11/h2-5H,1H3,(H2,23,24,27,28)/t5-/m1/s1. The maximum absolute atomic E-state index is 14.3. The van der Waals surface area contributed by atoms with E-state index >= 15 is 0 Å². The third kappa shape index (κ3) is 3.95. The second kappa shape index (κ2) is 6.63. The number of nitrogens with one attached hydrogen (secondary N) is 1. The van der Waals surface area contributed by atoms with Gasteiger partial charge in [-0.1, -0.05) is 6.07 Å². The fraction of sp³-hybridized carbons (Fsp3) is 0.267. The predicted octanol–water partition coefficient (Wildman–Crippen LogP) is 3.49. The molecule has 3 aromatic rings. The number of benzene rings is 1. The lowest BCUT2D eigenvalue weighted by Crippen LogP contribution is -2.18. The van der Waals surface area contributed by atoms with Gasteiger partial charge in [-0.25, -0.2) is 9.07 Å². The largest absolute Gasteiger partial charge is 0.573 e. The van der Waals surface area contributed by atoms with E-state index in [0.29, 0.717) is 10.7 Å². The van der Waals surface area contributed by atoms with Crippen molar-refractivity contribution < 1.29 is 40.6 Å². The number of rotatable bonds is 3. The Labute approximate surface area is 155 Å². The molecule has 1 atom stereocenters. The molecule has 156 valence electrons. The van der Waals surface area contributed by atoms with Crippen LogP contribution in [0.5, 0.6) is 11.8 Å². The van der Waals surface area contributed by atoms with Crippen molar-refractivity contribution in [2.75, 3.05) is 0 Å². The van der Waals surface area contributed by atoms with Gasteiger partial charge in [0.2, 0.25) is 0 Å². The van der Waals surface area contributed by atoms with Crippen LogP contribution in [0.25, 0.3) is 11.0 Å². The van der Waals surface area contributed by atoms with Gasteiger partial charge in [-0.15, -0.1) is 13.2 Å². The molecule has 0 aliphatic carbocycles. The molecule has 2 heterocycles. The fourth-order valence-corrected chi connectivity index (χ4v) is 2.68. The molecule has 29 heavy (non-hydrogen) atoms. The minimum Gasteiger partial charge on any atom is -0.480 e. The van der Waals surface area contributed by atoms with Crippen molar-refractivity contribution >= 4 is 11.0 Å². The van der Waals surface area contributed by atoms with Crippen LogP contribution in [0.4, 0.5) is 30.7 Å². The van der Waals surface area contributed by atoms with Gasteiger partial charge in [0.25, 0.3) is 11.6 Å². The van der Waals surface area contributed by atoms with E-state index in [1.165, 1.54) is 6.92 Å². The Morgan fingerprint density at radius 3 is 2.41 bits per heavy atom. The lowest BCUT2D eigenvalue weighted by molar-refractivity contribution is -0.274. The number of nitrogens with zero attached hydrogens (tertiary/aromatic N) is 3. The summed E-state index contributed by atoms with van der Waals surface area (Å²) in [5, 5.41) is 11.7. The first-order valence-corrected chi connectivity index (χ1v) is 7.62. The molecule has 0 amide bonds. The number of hydrogen-bond donors (Lipinski definition) is 2. The SMILES string of the molecule is C[C@H](c1ccc(OC(F)(F)F)cc1F)n1nc(C(F)(F)F)c2c(=O)[nH]c(O)nc21. The summed E-state index contributed by atoms with van der Waals surface area (Å²) in [6, 6.07) is -0.333. The Balaban J connectivity index is 2.15. The van der Waals surface area contributed by atoms with Gasteiger partial charge < -0.3 is 9.84 Å². The molecule has 0 fully saturated rings. The van der Waals surface area contributed by atoms with E-state index in [1.807, 2.05) is 0 Å². The highest BCUT2D eigenvalue weighted by Crippen LogP contribution is 2.35. The highest BCUT2D eigenvalue weighted by atomic mass is 19.4. The molecule has 7 nitrogen and oxygen atoms in total. The third-order valence-electron chi connectivity index (χ3n) is 3.84. The molecule has 2 N–H and O–H groups in total. The molecule has 0 bridgehead atoms. The van der Waals surface area contributed by atoms with Crippen LogP contribution < -0.4 is 10.3 Å². The van der Waals surface area contributed by atoms with E-state index in [4.69, 9.17) is 0 Å². The quantitative estimate of drug-likeness (QED) is 0.626. The first kappa shape index (κ1) is 20.4. The summed E-state index contributed by atoms with van der Waals surface area (Å²) in [5.74, 6) is -2.11. The zero-order chi connectivity index (χ0) is 21.7. The van der Waals surface area contributed by atoms with Crippen molar-refractivity contribution in [2.45, 2.75) is 25.5 Å². The van der Waals surface area contributed by atoms with Crippen molar-refractivity contribution in [3.63, 3.8) is 0 Å². The van der Waals surface area contributed by atoms with Crippen LogP contribution in [0.15, 0.2) is 23.0 Å². The Morgan fingerprint density at radius 1 is 1.21 bits per heavy atom. The fourth-order valence-electron chi connectivity index (χ4n) is 2.68. The van der Waals surface area contributed by atoms with Gasteiger partial charge in [0.05, 0.1) is 6.04 Å². The topological polar surface area (TPSA) is 93.0 Å². The van der Waals surface area contributed by atoms with E-state index in [2.05, 4.69) is 14.8 Å². The number of H-pyrrole nitrogens is 1. The lowest BCUT2D eigenvalue weighted by atomic mass is 10.1. The average Bonchev–Trinajstić information content (AvgIpc) is 2.92. The zero-order valence-electron chi connectivity index (χ0n) is 14.1. The maximum Gasteiger partial charge on any atom is 0.573 e. The Kier molecular flexibility index (Phi) is 4.67. The highest BCUT2D eigenvalue weighted by molar-refractivity contribution is 5.78. The highest BCUT2D eigenvalue weighted by Gasteiger charge is 2.39. The van der Waals surface area contributed by atoms with Crippen LogP contribution >= 0.6 is 0 Å². The molecule has 3 rings (SSSR count). The zero-order valence-corrected chi connectivity index (χ0v) is 14.1. The summed E-state index contributed by atoms with van der Waals surface area (Å²) in [4.78, 5) is 17.0. The molecule has 2 aromatic heterocycles. The van der Waals surface area contributed by atoms with Gasteiger partial charge in [0.15, 0.2) is 11.3 Å². The van der Waals surface area contributed by atoms with Gasteiger partial charge >= 0.3 is 12.5 Å². The molecule has 0 radical (unpaired) electrons. The molecule has 14 heteroatoms. The Hall–Kier alpha value is -3.32. The van der Waals surface area contributed by atoms with Crippen LogP contribution in [0.1, 0.15) is 24.2 Å². The van der Waals surface area contributed by atoms with Crippen molar-refractivity contribution in [1.29, 1.82) is 0 Å². The molecule has 0 aliphatic heterocycles. The van der Waals surface area contributed by atoms with Crippen LogP contribution in [-0.4, -0.2) is 31.2 Å². The number of ether oxygens (including phenoxy) is 1. The van der Waals surface area contributed by atoms with E-state index < -0.39 is 58.4 Å². The summed E-state index contributed by atoms with van der Waals surface area (Å²) in [5.41, 5.74) is -4.00.